The van der Waals surface area contributed by atoms with Crippen LogP contribution >= 0.6 is 0 Å². The van der Waals surface area contributed by atoms with Gasteiger partial charge >= 0.3 is 0 Å². The summed E-state index contributed by atoms with van der Waals surface area (Å²) in [6.45, 7) is 9.33. The third-order valence-electron chi connectivity index (χ3n) is 6.62. The van der Waals surface area contributed by atoms with Crippen LogP contribution in [0.1, 0.15) is 70.2 Å². The molecule has 1 N–H and O–H groups in total. The van der Waals surface area contributed by atoms with Crippen LogP contribution in [0.5, 0.6) is 0 Å². The summed E-state index contributed by atoms with van der Waals surface area (Å²) in [5, 5.41) is 0. The molecule has 3 atom stereocenters. The van der Waals surface area contributed by atoms with Crippen LogP contribution in [0.3, 0.4) is 0 Å². The van der Waals surface area contributed by atoms with Crippen LogP contribution in [0.25, 0.3) is 0 Å². The molecular formula is C22H36N2O3S. The number of aryl methyl sites for hydroxylation is 2. The van der Waals surface area contributed by atoms with E-state index in [0.29, 0.717) is 12.0 Å². The van der Waals surface area contributed by atoms with Gasteiger partial charge in [-0.05, 0) is 62.8 Å². The molecule has 2 aliphatic rings. The summed E-state index contributed by atoms with van der Waals surface area (Å²) in [6.07, 6.45) is 8.18. The van der Waals surface area contributed by atoms with Gasteiger partial charge in [0.25, 0.3) is 5.56 Å². The van der Waals surface area contributed by atoms with Gasteiger partial charge in [0, 0.05) is 22.6 Å². The van der Waals surface area contributed by atoms with E-state index in [1.54, 1.807) is 6.26 Å². The third kappa shape index (κ3) is 5.02. The Morgan fingerprint density at radius 2 is 1.89 bits per heavy atom. The van der Waals surface area contributed by atoms with Crippen molar-refractivity contribution in [2.45, 2.75) is 84.4 Å². The maximum atomic E-state index is 12.9. The minimum absolute atomic E-state index is 0.0104. The number of nitrogens with zero attached hydrogens (tertiary/aromatic N) is 1. The number of fused-ring (bicyclic) bond motifs is 1. The highest BCUT2D eigenvalue weighted by atomic mass is 32.2. The van der Waals surface area contributed by atoms with E-state index >= 15 is 0 Å². The molecule has 0 amide bonds. The first-order chi connectivity index (χ1) is 13.2. The molecule has 1 aromatic heterocycles. The second kappa shape index (κ2) is 8.90. The molecule has 0 radical (unpaired) electrons. The van der Waals surface area contributed by atoms with Crippen LogP contribution < -0.4 is 10.3 Å². The Balaban J connectivity index is 1.71. The van der Waals surface area contributed by atoms with E-state index in [1.165, 1.54) is 12.8 Å². The number of ether oxygens (including phenoxy) is 1. The number of nitrogens with one attached hydrogen (secondary N) is 1. The molecule has 1 aliphatic carbocycles. The number of pyridine rings is 1. The Hall–Kier alpha value is -0.820. The summed E-state index contributed by atoms with van der Waals surface area (Å²) in [6, 6.07) is 3.84. The Morgan fingerprint density at radius 1 is 1.21 bits per heavy atom. The van der Waals surface area contributed by atoms with Gasteiger partial charge in [0.15, 0.2) is 0 Å². The minimum Gasteiger partial charge on any atom is -0.598 e. The molecule has 1 fully saturated rings. The molecule has 6 heteroatoms. The zero-order valence-corrected chi connectivity index (χ0v) is 18.8. The van der Waals surface area contributed by atoms with Crippen molar-refractivity contribution in [2.24, 2.45) is 11.3 Å². The van der Waals surface area contributed by atoms with E-state index in [0.717, 1.165) is 42.9 Å². The smallest absolute Gasteiger partial charge is 0.254 e. The van der Waals surface area contributed by atoms with Crippen molar-refractivity contribution in [2.75, 3.05) is 12.9 Å². The fourth-order valence-electron chi connectivity index (χ4n) is 4.81. The molecule has 0 bridgehead atoms. The summed E-state index contributed by atoms with van der Waals surface area (Å²) in [4.78, 5) is 12.9. The number of hydrogen-bond acceptors (Lipinski definition) is 4. The zero-order valence-electron chi connectivity index (χ0n) is 18.0. The fourth-order valence-corrected chi connectivity index (χ4v) is 5.51. The largest absolute Gasteiger partial charge is 0.598 e. The second-order valence-electron chi connectivity index (χ2n) is 9.64. The van der Waals surface area contributed by atoms with E-state index in [-0.39, 0.29) is 23.7 Å². The Labute approximate surface area is 172 Å². The van der Waals surface area contributed by atoms with E-state index in [1.807, 2.05) is 17.6 Å². The van der Waals surface area contributed by atoms with Crippen LogP contribution in [0.4, 0.5) is 0 Å². The molecule has 0 spiro atoms. The van der Waals surface area contributed by atoms with Crippen molar-refractivity contribution in [1.29, 1.82) is 0 Å². The molecule has 1 aliphatic heterocycles. The van der Waals surface area contributed by atoms with E-state index in [9.17, 15) is 9.35 Å². The average molecular weight is 409 g/mol. The molecule has 5 nitrogen and oxygen atoms in total. The Kier molecular flexibility index (Phi) is 6.96. The van der Waals surface area contributed by atoms with Gasteiger partial charge in [-0.15, -0.1) is 4.72 Å². The van der Waals surface area contributed by atoms with Crippen molar-refractivity contribution in [3.63, 3.8) is 0 Å². The quantitative estimate of drug-likeness (QED) is 0.757. The first-order valence-electron chi connectivity index (χ1n) is 10.6. The Morgan fingerprint density at radius 3 is 2.50 bits per heavy atom. The molecule has 1 aromatic rings. The van der Waals surface area contributed by atoms with Crippen molar-refractivity contribution < 1.29 is 9.29 Å². The lowest BCUT2D eigenvalue weighted by molar-refractivity contribution is -0.0170. The van der Waals surface area contributed by atoms with Gasteiger partial charge in [-0.25, -0.2) is 0 Å². The van der Waals surface area contributed by atoms with Crippen LogP contribution in [-0.4, -0.2) is 34.1 Å². The monoisotopic (exact) mass is 408 g/mol. The van der Waals surface area contributed by atoms with Crippen molar-refractivity contribution >= 4 is 11.4 Å². The first-order valence-corrected chi connectivity index (χ1v) is 12.1. The maximum absolute atomic E-state index is 12.9. The van der Waals surface area contributed by atoms with E-state index < -0.39 is 11.4 Å². The van der Waals surface area contributed by atoms with Crippen molar-refractivity contribution in [3.8, 4) is 0 Å². The SMILES string of the molecule is Cc1ccc2n(c1=O)C(COC1CCC(C(C)(C)C)CC1)C(N[S+](C)[O-])CC2. The fraction of sp³-hybridized carbons (Fsp3) is 0.773. The van der Waals surface area contributed by atoms with Gasteiger partial charge in [0.1, 0.15) is 6.26 Å². The predicted molar refractivity (Wildman–Crippen MR) is 115 cm³/mol. The lowest BCUT2D eigenvalue weighted by Gasteiger charge is -2.39. The van der Waals surface area contributed by atoms with Gasteiger partial charge in [-0.1, -0.05) is 26.8 Å². The van der Waals surface area contributed by atoms with Gasteiger partial charge in [0.2, 0.25) is 0 Å². The van der Waals surface area contributed by atoms with Gasteiger partial charge in [-0.2, -0.15) is 0 Å². The van der Waals surface area contributed by atoms with Crippen molar-refractivity contribution in [3.05, 3.63) is 33.7 Å². The van der Waals surface area contributed by atoms with Crippen molar-refractivity contribution in [1.82, 2.24) is 9.29 Å². The van der Waals surface area contributed by atoms with Crippen LogP contribution in [0.2, 0.25) is 0 Å². The minimum atomic E-state index is -1.12. The highest BCUT2D eigenvalue weighted by Gasteiger charge is 2.35. The lowest BCUT2D eigenvalue weighted by Crippen LogP contribution is -2.49. The topological polar surface area (TPSA) is 66.3 Å². The summed E-state index contributed by atoms with van der Waals surface area (Å²) in [5.74, 6) is 0.755. The lowest BCUT2D eigenvalue weighted by atomic mass is 9.72. The average Bonchev–Trinajstić information content (AvgIpc) is 2.63. The number of rotatable bonds is 5. The maximum Gasteiger partial charge on any atom is 0.254 e. The standard InChI is InChI=1S/C22H36N2O3S/c1-15-6-9-17-10-13-19(23-28(5)26)20(24(17)21(15)25)14-27-18-11-7-16(8-12-18)22(2,3)4/h6,9,16,18-20,23H,7-8,10-14H2,1-5H3. The first kappa shape index (κ1) is 21.9. The van der Waals surface area contributed by atoms with Gasteiger partial charge in [0.05, 0.1) is 24.8 Å². The van der Waals surface area contributed by atoms with Crippen LogP contribution in [0.15, 0.2) is 16.9 Å². The molecule has 158 valence electrons. The molecule has 0 aromatic carbocycles. The third-order valence-corrected chi connectivity index (χ3v) is 7.25. The Bertz CT molecular complexity index is 717. The molecular weight excluding hydrogens is 372 g/mol. The van der Waals surface area contributed by atoms with E-state index in [4.69, 9.17) is 4.74 Å². The molecule has 28 heavy (non-hydrogen) atoms. The second-order valence-corrected chi connectivity index (χ2v) is 10.8. The highest BCUT2D eigenvalue weighted by Crippen LogP contribution is 2.38. The number of aromatic nitrogens is 1. The number of hydrogen-bond donors (Lipinski definition) is 1. The summed E-state index contributed by atoms with van der Waals surface area (Å²) < 4.78 is 23.2. The molecule has 1 saturated carbocycles. The zero-order chi connectivity index (χ0) is 20.5. The molecule has 3 unspecified atom stereocenters. The molecule has 0 saturated heterocycles. The van der Waals surface area contributed by atoms with E-state index in [2.05, 4.69) is 31.6 Å². The molecule has 2 heterocycles. The summed E-state index contributed by atoms with van der Waals surface area (Å²) >= 11 is -1.12. The normalized spacial score (nSPS) is 29.4. The summed E-state index contributed by atoms with van der Waals surface area (Å²) in [7, 11) is 0. The van der Waals surface area contributed by atoms with Gasteiger partial charge in [-0.3, -0.25) is 4.79 Å². The predicted octanol–water partition coefficient (Wildman–Crippen LogP) is 3.52. The van der Waals surface area contributed by atoms with Gasteiger partial charge < -0.3 is 13.9 Å². The van der Waals surface area contributed by atoms with Crippen LogP contribution in [0, 0.1) is 18.3 Å². The van der Waals surface area contributed by atoms with Crippen LogP contribution in [-0.2, 0) is 22.5 Å². The molecule has 3 rings (SSSR count). The summed E-state index contributed by atoms with van der Waals surface area (Å²) in [5.41, 5.74) is 2.22. The highest BCUT2D eigenvalue weighted by molar-refractivity contribution is 7.88.